The van der Waals surface area contributed by atoms with Crippen molar-refractivity contribution in [2.75, 3.05) is 13.1 Å². The molecule has 6 nitrogen and oxygen atoms in total. The Morgan fingerprint density at radius 1 is 1.38 bits per heavy atom. The zero-order chi connectivity index (χ0) is 18.7. The molecule has 2 aromatic rings. The van der Waals surface area contributed by atoms with Gasteiger partial charge in [0, 0.05) is 38.1 Å². The van der Waals surface area contributed by atoms with E-state index in [1.54, 1.807) is 12.4 Å². The Bertz CT molecular complexity index is 798. The molecule has 1 atom stereocenters. The average molecular weight is 355 g/mol. The molecular weight excluding hydrogens is 330 g/mol. The number of nitrogens with zero attached hydrogens (tertiary/aromatic N) is 2. The Kier molecular flexibility index (Phi) is 5.52. The van der Waals surface area contributed by atoms with E-state index in [1.807, 2.05) is 30.9 Å². The van der Waals surface area contributed by atoms with Crippen molar-refractivity contribution in [2.24, 2.45) is 0 Å². The van der Waals surface area contributed by atoms with Crippen molar-refractivity contribution in [2.45, 2.75) is 46.3 Å². The van der Waals surface area contributed by atoms with Gasteiger partial charge in [0.25, 0.3) is 5.91 Å². The molecule has 6 heteroatoms. The number of hydrogen-bond donors (Lipinski definition) is 1. The summed E-state index contributed by atoms with van der Waals surface area (Å²) in [5, 5.41) is 0. The number of hydrogen-bond acceptors (Lipinski definition) is 4. The third-order valence-corrected chi connectivity index (χ3v) is 4.88. The first-order valence-electron chi connectivity index (χ1n) is 8.97. The molecule has 0 saturated carbocycles. The highest BCUT2D eigenvalue weighted by Gasteiger charge is 2.29. The maximum Gasteiger partial charge on any atom is 0.256 e. The number of Topliss-reactive ketones (excluding diaryl/α,β-unsaturated/α-hetero) is 1. The number of aromatic nitrogens is 2. The van der Waals surface area contributed by atoms with E-state index in [4.69, 9.17) is 4.74 Å². The second-order valence-electron chi connectivity index (χ2n) is 6.87. The van der Waals surface area contributed by atoms with E-state index in [-0.39, 0.29) is 17.8 Å². The maximum absolute atomic E-state index is 13.0. The molecule has 0 radical (unpaired) electrons. The van der Waals surface area contributed by atoms with Crippen LogP contribution >= 0.6 is 0 Å². The minimum Gasteiger partial charge on any atom is -0.372 e. The Morgan fingerprint density at radius 2 is 2.19 bits per heavy atom. The molecule has 138 valence electrons. The van der Waals surface area contributed by atoms with Crippen LogP contribution in [0, 0.1) is 13.8 Å². The fourth-order valence-electron chi connectivity index (χ4n) is 3.54. The summed E-state index contributed by atoms with van der Waals surface area (Å²) >= 11 is 0. The molecule has 26 heavy (non-hydrogen) atoms. The Hall–Kier alpha value is -2.47. The summed E-state index contributed by atoms with van der Waals surface area (Å²) in [5.41, 5.74) is 3.64. The molecular formula is C20H25N3O3. The van der Waals surface area contributed by atoms with Gasteiger partial charge >= 0.3 is 0 Å². The van der Waals surface area contributed by atoms with Gasteiger partial charge in [0.1, 0.15) is 0 Å². The number of aryl methyl sites for hydroxylation is 1. The minimum absolute atomic E-state index is 0.0136. The Morgan fingerprint density at radius 3 is 2.85 bits per heavy atom. The molecule has 1 fully saturated rings. The summed E-state index contributed by atoms with van der Waals surface area (Å²) < 4.78 is 5.99. The number of amides is 1. The van der Waals surface area contributed by atoms with Crippen LogP contribution in [0.2, 0.25) is 0 Å². The van der Waals surface area contributed by atoms with Crippen LogP contribution in [0.15, 0.2) is 24.5 Å². The van der Waals surface area contributed by atoms with Gasteiger partial charge in [-0.1, -0.05) is 6.07 Å². The average Bonchev–Trinajstić information content (AvgIpc) is 2.95. The molecule has 1 unspecified atom stereocenters. The van der Waals surface area contributed by atoms with Gasteiger partial charge in [-0.3, -0.25) is 14.6 Å². The number of nitrogens with one attached hydrogen (secondary N) is 1. The Labute approximate surface area is 153 Å². The van der Waals surface area contributed by atoms with Gasteiger partial charge in [0.05, 0.1) is 24.0 Å². The summed E-state index contributed by atoms with van der Waals surface area (Å²) in [7, 11) is 0. The predicted octanol–water partition coefficient (Wildman–Crippen LogP) is 3.05. The van der Waals surface area contributed by atoms with Crippen molar-refractivity contribution in [3.8, 4) is 0 Å². The number of ketones is 1. The molecule has 1 aliphatic rings. The van der Waals surface area contributed by atoms with E-state index in [9.17, 15) is 9.59 Å². The quantitative estimate of drug-likeness (QED) is 0.837. The number of H-pyrrole nitrogens is 1. The summed E-state index contributed by atoms with van der Waals surface area (Å²) in [6.07, 6.45) is 5.39. The van der Waals surface area contributed by atoms with Crippen LogP contribution < -0.4 is 0 Å². The van der Waals surface area contributed by atoms with E-state index >= 15 is 0 Å². The first-order chi connectivity index (χ1) is 12.5. The number of piperidine rings is 1. The Balaban J connectivity index is 1.67. The third kappa shape index (κ3) is 3.85. The van der Waals surface area contributed by atoms with Crippen molar-refractivity contribution in [3.05, 3.63) is 52.6 Å². The highest BCUT2D eigenvalue weighted by molar-refractivity contribution is 6.02. The summed E-state index contributed by atoms with van der Waals surface area (Å²) in [6, 6.07) is 3.87. The van der Waals surface area contributed by atoms with E-state index in [2.05, 4.69) is 9.97 Å². The van der Waals surface area contributed by atoms with Crippen molar-refractivity contribution >= 4 is 11.7 Å². The van der Waals surface area contributed by atoms with Crippen LogP contribution in [0.5, 0.6) is 0 Å². The van der Waals surface area contributed by atoms with E-state index in [1.165, 1.54) is 6.92 Å². The minimum atomic E-state index is -0.0547. The number of pyridine rings is 1. The lowest BCUT2D eigenvalue weighted by Gasteiger charge is -2.33. The van der Waals surface area contributed by atoms with Crippen LogP contribution in [0.25, 0.3) is 0 Å². The van der Waals surface area contributed by atoms with Gasteiger partial charge in [-0.15, -0.1) is 0 Å². The van der Waals surface area contributed by atoms with Gasteiger partial charge < -0.3 is 14.6 Å². The molecule has 2 aromatic heterocycles. The van der Waals surface area contributed by atoms with Crippen LogP contribution in [0.4, 0.5) is 0 Å². The van der Waals surface area contributed by atoms with Gasteiger partial charge in [0.2, 0.25) is 0 Å². The second-order valence-corrected chi connectivity index (χ2v) is 6.87. The van der Waals surface area contributed by atoms with Crippen LogP contribution in [0.3, 0.4) is 0 Å². The first-order valence-corrected chi connectivity index (χ1v) is 8.97. The summed E-state index contributed by atoms with van der Waals surface area (Å²) in [6.45, 7) is 6.96. The maximum atomic E-state index is 13.0. The topological polar surface area (TPSA) is 75.3 Å². The van der Waals surface area contributed by atoms with Gasteiger partial charge in [0.15, 0.2) is 5.78 Å². The van der Waals surface area contributed by atoms with Crippen molar-refractivity contribution < 1.29 is 14.3 Å². The molecule has 1 amide bonds. The number of carbonyl (C=O) groups excluding carboxylic acids is 2. The first kappa shape index (κ1) is 18.3. The fraction of sp³-hybridized carbons (Fsp3) is 0.450. The van der Waals surface area contributed by atoms with E-state index in [0.29, 0.717) is 31.0 Å². The summed E-state index contributed by atoms with van der Waals surface area (Å²) in [5.74, 6) is -0.0839. The molecule has 3 heterocycles. The van der Waals surface area contributed by atoms with E-state index in [0.717, 1.165) is 29.7 Å². The molecule has 1 N–H and O–H groups in total. The SMILES string of the molecule is CC(=O)c1[nH]c(C)c(C(=O)N2CCCC(OCc3cccnc3)C2)c1C. The molecule has 0 aromatic carbocycles. The monoisotopic (exact) mass is 355 g/mol. The zero-order valence-corrected chi connectivity index (χ0v) is 15.5. The standard InChI is InChI=1S/C20H25N3O3/c1-13-18(14(2)22-19(13)15(3)24)20(25)23-9-5-7-17(11-23)26-12-16-6-4-8-21-10-16/h4,6,8,10,17,22H,5,7,9,11-12H2,1-3H3. The van der Waals surface area contributed by atoms with Crippen LogP contribution in [0.1, 0.15) is 57.4 Å². The van der Waals surface area contributed by atoms with Gasteiger partial charge in [-0.05, 0) is 43.9 Å². The molecule has 1 aliphatic heterocycles. The number of ether oxygens (including phenoxy) is 1. The summed E-state index contributed by atoms with van der Waals surface area (Å²) in [4.78, 5) is 33.7. The third-order valence-electron chi connectivity index (χ3n) is 4.88. The normalized spacial score (nSPS) is 17.3. The smallest absolute Gasteiger partial charge is 0.256 e. The molecule has 0 spiro atoms. The van der Waals surface area contributed by atoms with E-state index < -0.39 is 0 Å². The molecule has 0 bridgehead atoms. The second kappa shape index (κ2) is 7.83. The lowest BCUT2D eigenvalue weighted by atomic mass is 10.0. The lowest BCUT2D eigenvalue weighted by molar-refractivity contribution is -0.00685. The number of carbonyl (C=O) groups is 2. The number of rotatable bonds is 5. The fourth-order valence-corrected chi connectivity index (χ4v) is 3.54. The van der Waals surface area contributed by atoms with Crippen LogP contribution in [-0.2, 0) is 11.3 Å². The van der Waals surface area contributed by atoms with Gasteiger partial charge in [-0.25, -0.2) is 0 Å². The molecule has 0 aliphatic carbocycles. The van der Waals surface area contributed by atoms with Crippen molar-refractivity contribution in [3.63, 3.8) is 0 Å². The van der Waals surface area contributed by atoms with Crippen molar-refractivity contribution in [1.82, 2.24) is 14.9 Å². The highest BCUT2D eigenvalue weighted by atomic mass is 16.5. The van der Waals surface area contributed by atoms with Gasteiger partial charge in [-0.2, -0.15) is 0 Å². The zero-order valence-electron chi connectivity index (χ0n) is 15.5. The molecule has 1 saturated heterocycles. The number of aromatic amines is 1. The highest BCUT2D eigenvalue weighted by Crippen LogP contribution is 2.23. The molecule has 3 rings (SSSR count). The lowest BCUT2D eigenvalue weighted by Crippen LogP contribution is -2.43. The largest absolute Gasteiger partial charge is 0.372 e. The number of likely N-dealkylation sites (tertiary alicyclic amines) is 1. The van der Waals surface area contributed by atoms with Crippen molar-refractivity contribution in [1.29, 1.82) is 0 Å². The predicted molar refractivity (Wildman–Crippen MR) is 98.2 cm³/mol. The van der Waals surface area contributed by atoms with Crippen LogP contribution in [-0.4, -0.2) is 45.8 Å².